The van der Waals surface area contributed by atoms with E-state index in [1.165, 1.54) is 40.8 Å². The summed E-state index contributed by atoms with van der Waals surface area (Å²) in [6.45, 7) is 12.2. The van der Waals surface area contributed by atoms with Crippen molar-refractivity contribution in [2.75, 3.05) is 13.1 Å². The highest BCUT2D eigenvalue weighted by molar-refractivity contribution is 7.11. The lowest BCUT2D eigenvalue weighted by atomic mass is 9.96. The van der Waals surface area contributed by atoms with Crippen LogP contribution in [0, 0.1) is 6.92 Å². The first-order valence-electron chi connectivity index (χ1n) is 8.78. The van der Waals surface area contributed by atoms with Gasteiger partial charge in [0.2, 0.25) is 0 Å². The monoisotopic (exact) mass is 332 g/mol. The SMILES string of the molecule is CCc1nc(C)sc1CN1CCC[C@H](c2nccn2C(C)C)C1. The van der Waals surface area contributed by atoms with Crippen molar-refractivity contribution in [1.82, 2.24) is 19.4 Å². The van der Waals surface area contributed by atoms with Gasteiger partial charge in [0.25, 0.3) is 0 Å². The predicted octanol–water partition coefficient (Wildman–Crippen LogP) is 4.17. The van der Waals surface area contributed by atoms with Crippen LogP contribution in [-0.2, 0) is 13.0 Å². The van der Waals surface area contributed by atoms with E-state index in [-0.39, 0.29) is 0 Å². The topological polar surface area (TPSA) is 34.0 Å². The minimum Gasteiger partial charge on any atom is -0.332 e. The molecule has 1 saturated heterocycles. The van der Waals surface area contributed by atoms with Gasteiger partial charge in [-0.3, -0.25) is 4.90 Å². The summed E-state index contributed by atoms with van der Waals surface area (Å²) in [5.41, 5.74) is 1.29. The van der Waals surface area contributed by atoms with Gasteiger partial charge in [0.05, 0.1) is 10.7 Å². The van der Waals surface area contributed by atoms with Crippen LogP contribution in [0.3, 0.4) is 0 Å². The van der Waals surface area contributed by atoms with E-state index in [0.29, 0.717) is 12.0 Å². The zero-order chi connectivity index (χ0) is 16.4. The molecule has 0 spiro atoms. The number of imidazole rings is 1. The second kappa shape index (κ2) is 7.14. The molecule has 2 aromatic heterocycles. The predicted molar refractivity (Wildman–Crippen MR) is 96.1 cm³/mol. The highest BCUT2D eigenvalue weighted by Crippen LogP contribution is 2.29. The molecule has 4 nitrogen and oxygen atoms in total. The van der Waals surface area contributed by atoms with Crippen LogP contribution in [0.2, 0.25) is 0 Å². The highest BCUT2D eigenvalue weighted by atomic mass is 32.1. The van der Waals surface area contributed by atoms with Gasteiger partial charge in [-0.15, -0.1) is 11.3 Å². The number of nitrogens with zero attached hydrogens (tertiary/aromatic N) is 4. The summed E-state index contributed by atoms with van der Waals surface area (Å²) < 4.78 is 2.34. The highest BCUT2D eigenvalue weighted by Gasteiger charge is 2.26. The van der Waals surface area contributed by atoms with Crippen molar-refractivity contribution < 1.29 is 0 Å². The fourth-order valence-electron chi connectivity index (χ4n) is 3.60. The quantitative estimate of drug-likeness (QED) is 0.824. The number of piperidine rings is 1. The normalized spacial score (nSPS) is 19.6. The van der Waals surface area contributed by atoms with Gasteiger partial charge < -0.3 is 4.57 Å². The molecule has 23 heavy (non-hydrogen) atoms. The Morgan fingerprint density at radius 2 is 2.22 bits per heavy atom. The third kappa shape index (κ3) is 3.66. The van der Waals surface area contributed by atoms with Crippen molar-refractivity contribution in [3.05, 3.63) is 33.8 Å². The summed E-state index contributed by atoms with van der Waals surface area (Å²) >= 11 is 1.87. The largest absolute Gasteiger partial charge is 0.332 e. The number of likely N-dealkylation sites (tertiary alicyclic amines) is 1. The molecule has 3 rings (SSSR count). The molecule has 2 aromatic rings. The Hall–Kier alpha value is -1.20. The maximum Gasteiger partial charge on any atom is 0.113 e. The number of rotatable bonds is 5. The molecule has 0 radical (unpaired) electrons. The van der Waals surface area contributed by atoms with Gasteiger partial charge in [0.1, 0.15) is 5.82 Å². The van der Waals surface area contributed by atoms with Crippen LogP contribution in [0.1, 0.15) is 67.0 Å². The van der Waals surface area contributed by atoms with E-state index >= 15 is 0 Å². The van der Waals surface area contributed by atoms with E-state index in [0.717, 1.165) is 19.5 Å². The van der Waals surface area contributed by atoms with Crippen molar-refractivity contribution in [3.8, 4) is 0 Å². The number of thiazole rings is 1. The Morgan fingerprint density at radius 1 is 1.39 bits per heavy atom. The molecule has 0 saturated carbocycles. The molecule has 0 bridgehead atoms. The van der Waals surface area contributed by atoms with Gasteiger partial charge in [-0.25, -0.2) is 9.97 Å². The number of aromatic nitrogens is 3. The molecule has 5 heteroatoms. The van der Waals surface area contributed by atoms with E-state index in [1.807, 2.05) is 17.5 Å². The van der Waals surface area contributed by atoms with Crippen LogP contribution in [0.15, 0.2) is 12.4 Å². The summed E-state index contributed by atoms with van der Waals surface area (Å²) in [5, 5.41) is 1.20. The summed E-state index contributed by atoms with van der Waals surface area (Å²) in [5.74, 6) is 1.82. The van der Waals surface area contributed by atoms with Gasteiger partial charge in [-0.1, -0.05) is 6.92 Å². The van der Waals surface area contributed by atoms with Crippen LogP contribution >= 0.6 is 11.3 Å². The van der Waals surface area contributed by atoms with Crippen LogP contribution < -0.4 is 0 Å². The first kappa shape index (κ1) is 16.7. The zero-order valence-electron chi connectivity index (χ0n) is 14.7. The summed E-state index contributed by atoms with van der Waals surface area (Å²) in [7, 11) is 0. The Kier molecular flexibility index (Phi) is 5.17. The van der Waals surface area contributed by atoms with Crippen molar-refractivity contribution >= 4 is 11.3 Å². The van der Waals surface area contributed by atoms with Crippen LogP contribution in [0.25, 0.3) is 0 Å². The molecule has 0 aromatic carbocycles. The van der Waals surface area contributed by atoms with Gasteiger partial charge >= 0.3 is 0 Å². The third-order valence-electron chi connectivity index (χ3n) is 4.71. The van der Waals surface area contributed by atoms with Crippen molar-refractivity contribution in [2.45, 2.75) is 65.5 Å². The standard InChI is InChI=1S/C18H28N4S/c1-5-16-17(23-14(4)20-16)12-21-9-6-7-15(11-21)18-19-8-10-22(18)13(2)3/h8,10,13,15H,5-7,9,11-12H2,1-4H3/t15-/m0/s1. The lowest BCUT2D eigenvalue weighted by molar-refractivity contribution is 0.195. The Bertz CT molecular complexity index is 643. The van der Waals surface area contributed by atoms with Crippen molar-refractivity contribution in [2.24, 2.45) is 0 Å². The number of hydrogen-bond donors (Lipinski definition) is 0. The fraction of sp³-hybridized carbons (Fsp3) is 0.667. The second-order valence-corrected chi connectivity index (χ2v) is 8.10. The molecule has 1 aliphatic rings. The third-order valence-corrected chi connectivity index (χ3v) is 5.71. The molecule has 0 unspecified atom stereocenters. The molecule has 0 amide bonds. The van der Waals surface area contributed by atoms with E-state index in [4.69, 9.17) is 0 Å². The molecule has 1 aliphatic heterocycles. The Labute approximate surface area is 143 Å². The van der Waals surface area contributed by atoms with Gasteiger partial charge in [0, 0.05) is 42.3 Å². The van der Waals surface area contributed by atoms with E-state index in [1.54, 1.807) is 0 Å². The Morgan fingerprint density at radius 3 is 2.96 bits per heavy atom. The summed E-state index contributed by atoms with van der Waals surface area (Å²) in [6.07, 6.45) is 7.63. The molecule has 1 fully saturated rings. The van der Waals surface area contributed by atoms with Crippen molar-refractivity contribution in [3.63, 3.8) is 0 Å². The smallest absolute Gasteiger partial charge is 0.113 e. The maximum atomic E-state index is 4.68. The minimum absolute atomic E-state index is 0.485. The van der Waals surface area contributed by atoms with Crippen molar-refractivity contribution in [1.29, 1.82) is 0 Å². The van der Waals surface area contributed by atoms with E-state index < -0.39 is 0 Å². The van der Waals surface area contributed by atoms with Gasteiger partial charge in [-0.05, 0) is 46.6 Å². The molecular formula is C18H28N4S. The average Bonchev–Trinajstić information content (AvgIpc) is 3.14. The van der Waals surface area contributed by atoms with E-state index in [2.05, 4.69) is 53.3 Å². The zero-order valence-corrected chi connectivity index (χ0v) is 15.6. The molecule has 0 N–H and O–H groups in total. The average molecular weight is 333 g/mol. The molecular weight excluding hydrogens is 304 g/mol. The van der Waals surface area contributed by atoms with Crippen LogP contribution in [0.4, 0.5) is 0 Å². The lowest BCUT2D eigenvalue weighted by Crippen LogP contribution is -2.35. The minimum atomic E-state index is 0.485. The molecule has 3 heterocycles. The van der Waals surface area contributed by atoms with Gasteiger partial charge in [0.15, 0.2) is 0 Å². The summed E-state index contributed by atoms with van der Waals surface area (Å²) in [4.78, 5) is 13.4. The molecule has 1 atom stereocenters. The second-order valence-electron chi connectivity index (χ2n) is 6.82. The fourth-order valence-corrected chi connectivity index (χ4v) is 4.67. The lowest BCUT2D eigenvalue weighted by Gasteiger charge is -2.33. The van der Waals surface area contributed by atoms with Crippen LogP contribution in [0.5, 0.6) is 0 Å². The van der Waals surface area contributed by atoms with Crippen LogP contribution in [-0.4, -0.2) is 32.5 Å². The summed E-state index contributed by atoms with van der Waals surface area (Å²) in [6, 6.07) is 0.485. The first-order chi connectivity index (χ1) is 11.1. The number of hydrogen-bond acceptors (Lipinski definition) is 4. The maximum absolute atomic E-state index is 4.68. The number of aryl methyl sites for hydroxylation is 2. The Balaban J connectivity index is 1.72. The molecule has 126 valence electrons. The van der Waals surface area contributed by atoms with E-state index in [9.17, 15) is 0 Å². The van der Waals surface area contributed by atoms with Gasteiger partial charge in [-0.2, -0.15) is 0 Å². The first-order valence-corrected chi connectivity index (χ1v) is 9.60. The molecule has 0 aliphatic carbocycles.